The summed E-state index contributed by atoms with van der Waals surface area (Å²) in [5.41, 5.74) is 3.92. The molecule has 0 unspecified atom stereocenters. The number of fused-ring (bicyclic) bond motifs is 1. The Balaban J connectivity index is 1.82. The van der Waals surface area contributed by atoms with Crippen LogP contribution in [0.15, 0.2) is 40.9 Å². The summed E-state index contributed by atoms with van der Waals surface area (Å²) in [5.74, 6) is 0.583. The minimum atomic E-state index is 0.0498. The van der Waals surface area contributed by atoms with E-state index < -0.39 is 0 Å². The highest BCUT2D eigenvalue weighted by atomic mass is 16.3. The number of hydrogen-bond donors (Lipinski definition) is 1. The first-order chi connectivity index (χ1) is 11.2. The van der Waals surface area contributed by atoms with E-state index in [1.165, 1.54) is 0 Å². The van der Waals surface area contributed by atoms with E-state index in [1.54, 1.807) is 6.20 Å². The van der Waals surface area contributed by atoms with Gasteiger partial charge in [0, 0.05) is 23.9 Å². The van der Waals surface area contributed by atoms with Crippen molar-refractivity contribution in [2.45, 2.75) is 33.1 Å². The molecule has 0 atom stereocenters. The lowest BCUT2D eigenvalue weighted by Crippen LogP contribution is -2.11. The van der Waals surface area contributed by atoms with Crippen LogP contribution in [-0.4, -0.2) is 15.9 Å². The number of anilines is 1. The number of nitrogens with zero attached hydrogens (tertiary/aromatic N) is 2. The molecule has 0 radical (unpaired) electrons. The topological polar surface area (TPSA) is 68.0 Å². The summed E-state index contributed by atoms with van der Waals surface area (Å²) in [6.07, 6.45) is 4.15. The lowest BCUT2D eigenvalue weighted by molar-refractivity contribution is -0.116. The molecule has 0 spiro atoms. The average molecular weight is 309 g/mol. The van der Waals surface area contributed by atoms with Crippen molar-refractivity contribution in [1.82, 2.24) is 9.97 Å². The molecule has 3 aromatic rings. The summed E-state index contributed by atoms with van der Waals surface area (Å²) < 4.78 is 5.72. The predicted octanol–water partition coefficient (Wildman–Crippen LogP) is 4.33. The smallest absolute Gasteiger partial charge is 0.228 e. The Hall–Kier alpha value is -2.69. The second-order valence-corrected chi connectivity index (χ2v) is 5.53. The number of rotatable bonds is 5. The fourth-order valence-corrected chi connectivity index (χ4v) is 2.38. The number of carbonyl (C=O) groups excluding carboxylic acids is 1. The Morgan fingerprint density at radius 3 is 2.91 bits per heavy atom. The van der Waals surface area contributed by atoms with Gasteiger partial charge in [-0.3, -0.25) is 4.79 Å². The van der Waals surface area contributed by atoms with Gasteiger partial charge in [0.15, 0.2) is 11.2 Å². The molecule has 1 aromatic carbocycles. The molecule has 118 valence electrons. The molecule has 5 nitrogen and oxygen atoms in total. The molecule has 0 aliphatic carbocycles. The second kappa shape index (κ2) is 6.60. The third kappa shape index (κ3) is 3.39. The first-order valence-corrected chi connectivity index (χ1v) is 7.80. The van der Waals surface area contributed by atoms with Gasteiger partial charge < -0.3 is 9.73 Å². The zero-order valence-electron chi connectivity index (χ0n) is 13.3. The number of aromatic nitrogens is 2. The van der Waals surface area contributed by atoms with Crippen molar-refractivity contribution in [3.05, 3.63) is 42.1 Å². The maximum absolute atomic E-state index is 11.8. The molecule has 0 aliphatic rings. The van der Waals surface area contributed by atoms with Crippen LogP contribution in [0, 0.1) is 6.92 Å². The molecule has 0 aliphatic heterocycles. The Morgan fingerprint density at radius 1 is 1.30 bits per heavy atom. The number of amides is 1. The quantitative estimate of drug-likeness (QED) is 0.761. The highest BCUT2D eigenvalue weighted by Crippen LogP contribution is 2.26. The standard InChI is InChI=1S/C18H19N3O2/c1-3-4-7-16(22)20-14-9-8-13(11-12(14)2)18-21-17-15(23-18)6-5-10-19-17/h5-6,8-11H,3-4,7H2,1-2H3,(H,20,22). The number of benzene rings is 1. The molecular weight excluding hydrogens is 290 g/mol. The first-order valence-electron chi connectivity index (χ1n) is 7.80. The van der Waals surface area contributed by atoms with Gasteiger partial charge in [-0.05, 0) is 49.2 Å². The molecule has 0 saturated carbocycles. The van der Waals surface area contributed by atoms with Crippen molar-refractivity contribution >= 4 is 22.8 Å². The van der Waals surface area contributed by atoms with Crippen LogP contribution in [0.25, 0.3) is 22.7 Å². The van der Waals surface area contributed by atoms with Crippen LogP contribution in [0.4, 0.5) is 5.69 Å². The fraction of sp³-hybridized carbons (Fsp3) is 0.278. The molecule has 3 rings (SSSR count). The molecule has 0 saturated heterocycles. The molecule has 5 heteroatoms. The molecular formula is C18H19N3O2. The second-order valence-electron chi connectivity index (χ2n) is 5.53. The van der Waals surface area contributed by atoms with Gasteiger partial charge in [-0.1, -0.05) is 13.3 Å². The summed E-state index contributed by atoms with van der Waals surface area (Å²) in [6.45, 7) is 4.03. The van der Waals surface area contributed by atoms with Crippen molar-refractivity contribution in [1.29, 1.82) is 0 Å². The summed E-state index contributed by atoms with van der Waals surface area (Å²) in [5, 5.41) is 2.95. The van der Waals surface area contributed by atoms with Crippen LogP contribution in [0.2, 0.25) is 0 Å². The van der Waals surface area contributed by atoms with E-state index in [4.69, 9.17) is 4.42 Å². The van der Waals surface area contributed by atoms with E-state index in [9.17, 15) is 4.79 Å². The van der Waals surface area contributed by atoms with Gasteiger partial charge in [-0.25, -0.2) is 4.98 Å². The van der Waals surface area contributed by atoms with E-state index in [1.807, 2.05) is 37.3 Å². The summed E-state index contributed by atoms with van der Waals surface area (Å²) in [6, 6.07) is 9.40. The van der Waals surface area contributed by atoms with Crippen molar-refractivity contribution in [2.75, 3.05) is 5.32 Å². The zero-order chi connectivity index (χ0) is 16.2. The SMILES string of the molecule is CCCCC(=O)Nc1ccc(-c2nc3ncccc3o2)cc1C. The van der Waals surface area contributed by atoms with Crippen LogP contribution >= 0.6 is 0 Å². The molecule has 1 N–H and O–H groups in total. The van der Waals surface area contributed by atoms with E-state index in [-0.39, 0.29) is 5.91 Å². The van der Waals surface area contributed by atoms with Crippen LogP contribution in [0.5, 0.6) is 0 Å². The van der Waals surface area contributed by atoms with Gasteiger partial charge in [0.25, 0.3) is 0 Å². The van der Waals surface area contributed by atoms with Crippen LogP contribution in [0.1, 0.15) is 31.7 Å². The maximum Gasteiger partial charge on any atom is 0.228 e. The Morgan fingerprint density at radius 2 is 2.17 bits per heavy atom. The van der Waals surface area contributed by atoms with Crippen molar-refractivity contribution < 1.29 is 9.21 Å². The Labute approximate surface area is 134 Å². The Bertz CT molecular complexity index is 806. The lowest BCUT2D eigenvalue weighted by Gasteiger charge is -2.09. The van der Waals surface area contributed by atoms with Gasteiger partial charge in [-0.15, -0.1) is 0 Å². The molecule has 0 fully saturated rings. The fourth-order valence-electron chi connectivity index (χ4n) is 2.38. The highest BCUT2D eigenvalue weighted by Gasteiger charge is 2.11. The monoisotopic (exact) mass is 309 g/mol. The average Bonchev–Trinajstić information content (AvgIpc) is 2.99. The summed E-state index contributed by atoms with van der Waals surface area (Å²) in [4.78, 5) is 20.4. The summed E-state index contributed by atoms with van der Waals surface area (Å²) >= 11 is 0. The normalized spacial score (nSPS) is 10.9. The van der Waals surface area contributed by atoms with Crippen LogP contribution in [0.3, 0.4) is 0 Å². The van der Waals surface area contributed by atoms with E-state index in [0.717, 1.165) is 29.7 Å². The van der Waals surface area contributed by atoms with Crippen LogP contribution < -0.4 is 5.32 Å². The minimum absolute atomic E-state index is 0.0498. The number of pyridine rings is 1. The first kappa shape index (κ1) is 15.2. The molecule has 23 heavy (non-hydrogen) atoms. The number of hydrogen-bond acceptors (Lipinski definition) is 4. The maximum atomic E-state index is 11.8. The lowest BCUT2D eigenvalue weighted by atomic mass is 10.1. The largest absolute Gasteiger partial charge is 0.434 e. The van der Waals surface area contributed by atoms with Crippen molar-refractivity contribution in [3.63, 3.8) is 0 Å². The molecule has 1 amide bonds. The van der Waals surface area contributed by atoms with Crippen molar-refractivity contribution in [2.24, 2.45) is 0 Å². The highest BCUT2D eigenvalue weighted by molar-refractivity contribution is 5.91. The Kier molecular flexibility index (Phi) is 4.37. The van der Waals surface area contributed by atoms with Crippen molar-refractivity contribution in [3.8, 4) is 11.5 Å². The number of nitrogens with one attached hydrogen (secondary N) is 1. The molecule has 0 bridgehead atoms. The minimum Gasteiger partial charge on any atom is -0.434 e. The zero-order valence-corrected chi connectivity index (χ0v) is 13.3. The third-order valence-corrected chi connectivity index (χ3v) is 3.67. The van der Waals surface area contributed by atoms with Gasteiger partial charge in [0.05, 0.1) is 0 Å². The molecule has 2 heterocycles. The van der Waals surface area contributed by atoms with Crippen LogP contribution in [-0.2, 0) is 4.79 Å². The molecule has 2 aromatic heterocycles. The van der Waals surface area contributed by atoms with Gasteiger partial charge in [0.2, 0.25) is 11.8 Å². The van der Waals surface area contributed by atoms with E-state index in [2.05, 4.69) is 22.2 Å². The number of aryl methyl sites for hydroxylation is 1. The number of oxazole rings is 1. The predicted molar refractivity (Wildman–Crippen MR) is 90.1 cm³/mol. The van der Waals surface area contributed by atoms with Gasteiger partial charge in [-0.2, -0.15) is 4.98 Å². The van der Waals surface area contributed by atoms with E-state index in [0.29, 0.717) is 23.5 Å². The van der Waals surface area contributed by atoms with Gasteiger partial charge in [0.1, 0.15) is 0 Å². The third-order valence-electron chi connectivity index (χ3n) is 3.67. The van der Waals surface area contributed by atoms with E-state index >= 15 is 0 Å². The number of carbonyl (C=O) groups is 1. The van der Waals surface area contributed by atoms with Gasteiger partial charge >= 0.3 is 0 Å². The summed E-state index contributed by atoms with van der Waals surface area (Å²) in [7, 11) is 0. The number of unbranched alkanes of at least 4 members (excludes halogenated alkanes) is 1.